The summed E-state index contributed by atoms with van der Waals surface area (Å²) < 4.78 is 5.46. The molecule has 0 radical (unpaired) electrons. The van der Waals surface area contributed by atoms with Crippen LogP contribution in [0.1, 0.15) is 31.7 Å². The molecule has 0 bridgehead atoms. The lowest BCUT2D eigenvalue weighted by molar-refractivity contribution is 0.273. The van der Waals surface area contributed by atoms with E-state index in [1.54, 1.807) is 0 Å². The molecule has 0 saturated carbocycles. The topological polar surface area (TPSA) is 29.5 Å². The number of hydrogen-bond donors (Lipinski definition) is 1. The third kappa shape index (κ3) is 3.04. The van der Waals surface area contributed by atoms with Gasteiger partial charge in [0.1, 0.15) is 5.75 Å². The van der Waals surface area contributed by atoms with Gasteiger partial charge in [-0.3, -0.25) is 0 Å². The van der Waals surface area contributed by atoms with Crippen LogP contribution in [0.15, 0.2) is 24.3 Å². The zero-order chi connectivity index (χ0) is 10.4. The molecule has 14 heavy (non-hydrogen) atoms. The van der Waals surface area contributed by atoms with Gasteiger partial charge in [0.25, 0.3) is 0 Å². The van der Waals surface area contributed by atoms with Crippen molar-refractivity contribution in [3.63, 3.8) is 0 Å². The average Bonchev–Trinajstić information content (AvgIpc) is 2.26. The second kappa shape index (κ2) is 5.66. The first-order valence-electron chi connectivity index (χ1n) is 5.11. The standard InChI is InChI=1S/C12H18O2/c1-3-8-14-12-6-4-11(5-7-12)10(2)9-13/h4-7,10,13H,3,8-9H2,1-2H3. The number of ether oxygens (including phenoxy) is 1. The predicted octanol–water partition coefficient (Wildman–Crippen LogP) is 2.57. The summed E-state index contributed by atoms with van der Waals surface area (Å²) in [5, 5.41) is 8.97. The highest BCUT2D eigenvalue weighted by molar-refractivity contribution is 5.29. The van der Waals surface area contributed by atoms with Crippen molar-refractivity contribution in [2.45, 2.75) is 26.2 Å². The number of benzene rings is 1. The highest BCUT2D eigenvalue weighted by atomic mass is 16.5. The van der Waals surface area contributed by atoms with Crippen molar-refractivity contribution in [3.8, 4) is 5.75 Å². The monoisotopic (exact) mass is 194 g/mol. The van der Waals surface area contributed by atoms with Crippen molar-refractivity contribution in [3.05, 3.63) is 29.8 Å². The van der Waals surface area contributed by atoms with Crippen molar-refractivity contribution in [2.75, 3.05) is 13.2 Å². The molecule has 1 aromatic rings. The molecule has 0 aliphatic rings. The van der Waals surface area contributed by atoms with Crippen LogP contribution in [0.3, 0.4) is 0 Å². The van der Waals surface area contributed by atoms with Gasteiger partial charge < -0.3 is 9.84 Å². The smallest absolute Gasteiger partial charge is 0.119 e. The van der Waals surface area contributed by atoms with Gasteiger partial charge in [-0.25, -0.2) is 0 Å². The van der Waals surface area contributed by atoms with Crippen molar-refractivity contribution in [2.24, 2.45) is 0 Å². The van der Waals surface area contributed by atoms with E-state index in [-0.39, 0.29) is 12.5 Å². The van der Waals surface area contributed by atoms with Crippen molar-refractivity contribution < 1.29 is 9.84 Å². The summed E-state index contributed by atoms with van der Waals surface area (Å²) in [7, 11) is 0. The van der Waals surface area contributed by atoms with Crippen LogP contribution in [0.2, 0.25) is 0 Å². The molecule has 1 aromatic carbocycles. The summed E-state index contributed by atoms with van der Waals surface area (Å²) in [6.45, 7) is 5.04. The van der Waals surface area contributed by atoms with Crippen LogP contribution in [0, 0.1) is 0 Å². The molecule has 1 N–H and O–H groups in total. The van der Waals surface area contributed by atoms with Crippen LogP contribution in [0.25, 0.3) is 0 Å². The first kappa shape index (κ1) is 11.1. The Labute approximate surface area is 85.5 Å². The quantitative estimate of drug-likeness (QED) is 0.780. The van der Waals surface area contributed by atoms with E-state index in [4.69, 9.17) is 9.84 Å². The van der Waals surface area contributed by atoms with Crippen molar-refractivity contribution >= 4 is 0 Å². The van der Waals surface area contributed by atoms with Crippen LogP contribution >= 0.6 is 0 Å². The van der Waals surface area contributed by atoms with Crippen LogP contribution < -0.4 is 4.74 Å². The van der Waals surface area contributed by atoms with Crippen LogP contribution in [-0.4, -0.2) is 18.3 Å². The lowest BCUT2D eigenvalue weighted by atomic mass is 10.0. The summed E-state index contributed by atoms with van der Waals surface area (Å²) in [4.78, 5) is 0. The van der Waals surface area contributed by atoms with Gasteiger partial charge in [-0.15, -0.1) is 0 Å². The number of aliphatic hydroxyl groups excluding tert-OH is 1. The van der Waals surface area contributed by atoms with E-state index in [2.05, 4.69) is 6.92 Å². The zero-order valence-corrected chi connectivity index (χ0v) is 8.86. The molecule has 78 valence electrons. The highest BCUT2D eigenvalue weighted by Gasteiger charge is 2.03. The molecule has 0 spiro atoms. The summed E-state index contributed by atoms with van der Waals surface area (Å²) in [6, 6.07) is 7.92. The molecule has 1 atom stereocenters. The van der Waals surface area contributed by atoms with E-state index in [9.17, 15) is 0 Å². The molecule has 0 saturated heterocycles. The molecule has 1 unspecified atom stereocenters. The summed E-state index contributed by atoms with van der Waals surface area (Å²) in [6.07, 6.45) is 1.02. The Morgan fingerprint density at radius 1 is 1.29 bits per heavy atom. The van der Waals surface area contributed by atoms with E-state index in [1.165, 1.54) is 0 Å². The van der Waals surface area contributed by atoms with E-state index in [0.717, 1.165) is 24.3 Å². The predicted molar refractivity (Wildman–Crippen MR) is 57.7 cm³/mol. The Morgan fingerprint density at radius 2 is 1.93 bits per heavy atom. The van der Waals surface area contributed by atoms with Crippen molar-refractivity contribution in [1.29, 1.82) is 0 Å². The Balaban J connectivity index is 2.59. The molecule has 0 amide bonds. The Hall–Kier alpha value is -1.02. The van der Waals surface area contributed by atoms with Crippen LogP contribution in [0.5, 0.6) is 5.75 Å². The minimum absolute atomic E-state index is 0.190. The van der Waals surface area contributed by atoms with Gasteiger partial charge >= 0.3 is 0 Å². The number of hydrogen-bond acceptors (Lipinski definition) is 2. The van der Waals surface area contributed by atoms with Crippen molar-refractivity contribution in [1.82, 2.24) is 0 Å². The number of rotatable bonds is 5. The first-order chi connectivity index (χ1) is 6.77. The largest absolute Gasteiger partial charge is 0.494 e. The fraction of sp³-hybridized carbons (Fsp3) is 0.500. The molecule has 2 heteroatoms. The molecule has 0 heterocycles. The second-order valence-electron chi connectivity index (χ2n) is 3.50. The fourth-order valence-corrected chi connectivity index (χ4v) is 1.22. The number of aliphatic hydroxyl groups is 1. The highest BCUT2D eigenvalue weighted by Crippen LogP contribution is 2.18. The first-order valence-corrected chi connectivity index (χ1v) is 5.11. The third-order valence-electron chi connectivity index (χ3n) is 2.20. The SMILES string of the molecule is CCCOc1ccc(C(C)CO)cc1. The summed E-state index contributed by atoms with van der Waals surface area (Å²) in [5.74, 6) is 1.11. The molecule has 1 rings (SSSR count). The summed E-state index contributed by atoms with van der Waals surface area (Å²) >= 11 is 0. The van der Waals surface area contributed by atoms with E-state index in [0.29, 0.717) is 0 Å². The van der Waals surface area contributed by atoms with Gasteiger partial charge in [-0.1, -0.05) is 26.0 Å². The molecule has 2 nitrogen and oxygen atoms in total. The Morgan fingerprint density at radius 3 is 2.43 bits per heavy atom. The maximum Gasteiger partial charge on any atom is 0.119 e. The second-order valence-corrected chi connectivity index (χ2v) is 3.50. The van der Waals surface area contributed by atoms with Gasteiger partial charge in [0, 0.05) is 12.5 Å². The van der Waals surface area contributed by atoms with E-state index >= 15 is 0 Å². The lowest BCUT2D eigenvalue weighted by Gasteiger charge is -2.09. The third-order valence-corrected chi connectivity index (χ3v) is 2.20. The minimum Gasteiger partial charge on any atom is -0.494 e. The van der Waals surface area contributed by atoms with E-state index < -0.39 is 0 Å². The van der Waals surface area contributed by atoms with Crippen LogP contribution in [0.4, 0.5) is 0 Å². The lowest BCUT2D eigenvalue weighted by Crippen LogP contribution is -1.99. The molecule has 0 aliphatic heterocycles. The molecular weight excluding hydrogens is 176 g/mol. The fourth-order valence-electron chi connectivity index (χ4n) is 1.22. The molecular formula is C12H18O2. The Bertz CT molecular complexity index is 254. The van der Waals surface area contributed by atoms with Gasteiger partial charge in [0.05, 0.1) is 6.61 Å². The van der Waals surface area contributed by atoms with Gasteiger partial charge in [0.2, 0.25) is 0 Å². The Kier molecular flexibility index (Phi) is 4.47. The maximum atomic E-state index is 8.97. The molecule has 0 aromatic heterocycles. The van der Waals surface area contributed by atoms with Gasteiger partial charge in [-0.2, -0.15) is 0 Å². The zero-order valence-electron chi connectivity index (χ0n) is 8.86. The minimum atomic E-state index is 0.190. The molecule has 0 aliphatic carbocycles. The summed E-state index contributed by atoms with van der Waals surface area (Å²) in [5.41, 5.74) is 1.15. The van der Waals surface area contributed by atoms with Gasteiger partial charge in [-0.05, 0) is 24.1 Å². The van der Waals surface area contributed by atoms with Crippen LogP contribution in [-0.2, 0) is 0 Å². The molecule has 0 fully saturated rings. The van der Waals surface area contributed by atoms with E-state index in [1.807, 2.05) is 31.2 Å². The normalized spacial score (nSPS) is 12.5. The maximum absolute atomic E-state index is 8.97. The average molecular weight is 194 g/mol. The van der Waals surface area contributed by atoms with Gasteiger partial charge in [0.15, 0.2) is 0 Å².